The molecule has 0 atom stereocenters. The lowest BCUT2D eigenvalue weighted by molar-refractivity contribution is -0.119. The Morgan fingerprint density at radius 1 is 0.943 bits per heavy atom. The first-order chi connectivity index (χ1) is 16.7. The summed E-state index contributed by atoms with van der Waals surface area (Å²) in [5, 5.41) is 5.17. The molecule has 10 heteroatoms. The van der Waals surface area contributed by atoms with E-state index in [2.05, 4.69) is 10.6 Å². The Bertz CT molecular complexity index is 1140. The smallest absolute Gasteiger partial charge is 0.340 e. The lowest BCUT2D eigenvalue weighted by Crippen LogP contribution is -2.23. The van der Waals surface area contributed by atoms with Crippen LogP contribution in [0, 0.1) is 11.7 Å². The number of ketones is 1. The molecule has 1 fully saturated rings. The molecule has 0 radical (unpaired) electrons. The maximum absolute atomic E-state index is 14.3. The molecule has 35 heavy (non-hydrogen) atoms. The zero-order chi connectivity index (χ0) is 25.5. The third-order valence-electron chi connectivity index (χ3n) is 5.65. The van der Waals surface area contributed by atoms with Crippen molar-refractivity contribution in [1.29, 1.82) is 0 Å². The Morgan fingerprint density at radius 3 is 2.20 bits per heavy atom. The van der Waals surface area contributed by atoms with Gasteiger partial charge in [-0.1, -0.05) is 12.8 Å². The SMILES string of the molecule is COc1cc(NC(=O)C2CCCC2)c(C(=O)OCC(=O)c2ccc(NC(C)=O)cc2F)cc1OC. The molecule has 0 heterocycles. The van der Waals surface area contributed by atoms with Crippen LogP contribution in [-0.2, 0) is 14.3 Å². The summed E-state index contributed by atoms with van der Waals surface area (Å²) in [6.45, 7) is 0.536. The van der Waals surface area contributed by atoms with E-state index in [0.29, 0.717) is 5.75 Å². The molecule has 0 aliphatic heterocycles. The Kier molecular flexibility index (Phi) is 8.40. The maximum Gasteiger partial charge on any atom is 0.340 e. The molecule has 2 amide bonds. The Morgan fingerprint density at radius 2 is 1.60 bits per heavy atom. The van der Waals surface area contributed by atoms with Crippen LogP contribution in [0.5, 0.6) is 11.5 Å². The maximum atomic E-state index is 14.3. The first-order valence-electron chi connectivity index (χ1n) is 11.1. The standard InChI is InChI=1S/C25H27FN2O7/c1-14(29)27-16-8-9-17(19(26)10-16)21(30)13-35-25(32)18-11-22(33-2)23(34-3)12-20(18)28-24(31)15-6-4-5-7-15/h8-12,15H,4-7,13H2,1-3H3,(H,27,29)(H,28,31). The fourth-order valence-electron chi connectivity index (χ4n) is 3.88. The third-order valence-corrected chi connectivity index (χ3v) is 5.65. The van der Waals surface area contributed by atoms with Gasteiger partial charge in [-0.3, -0.25) is 14.4 Å². The van der Waals surface area contributed by atoms with Crippen molar-refractivity contribution in [2.45, 2.75) is 32.6 Å². The number of rotatable bonds is 9. The van der Waals surface area contributed by atoms with Crippen LogP contribution in [0.1, 0.15) is 53.3 Å². The Hall–Kier alpha value is -3.95. The van der Waals surface area contributed by atoms with E-state index < -0.39 is 24.2 Å². The lowest BCUT2D eigenvalue weighted by atomic mass is 10.1. The fraction of sp³-hybridized carbons (Fsp3) is 0.360. The topological polar surface area (TPSA) is 120 Å². The van der Waals surface area contributed by atoms with E-state index in [-0.39, 0.29) is 46.0 Å². The molecular formula is C25H27FN2O7. The van der Waals surface area contributed by atoms with Gasteiger partial charge >= 0.3 is 5.97 Å². The molecule has 9 nitrogen and oxygen atoms in total. The largest absolute Gasteiger partial charge is 0.493 e. The van der Waals surface area contributed by atoms with Crippen LogP contribution in [-0.4, -0.2) is 44.4 Å². The molecule has 3 rings (SSSR count). The normalized spacial score (nSPS) is 13.1. The van der Waals surface area contributed by atoms with E-state index in [4.69, 9.17) is 14.2 Å². The van der Waals surface area contributed by atoms with E-state index in [1.54, 1.807) is 0 Å². The number of methoxy groups -OCH3 is 2. The summed E-state index contributed by atoms with van der Waals surface area (Å²) in [6, 6.07) is 6.36. The molecule has 0 unspecified atom stereocenters. The summed E-state index contributed by atoms with van der Waals surface area (Å²) in [5.41, 5.74) is 0.0107. The zero-order valence-corrected chi connectivity index (χ0v) is 19.7. The third kappa shape index (κ3) is 6.34. The van der Waals surface area contributed by atoms with Crippen molar-refractivity contribution in [2.24, 2.45) is 5.92 Å². The van der Waals surface area contributed by atoms with Crippen LogP contribution in [0.2, 0.25) is 0 Å². The van der Waals surface area contributed by atoms with Gasteiger partial charge in [-0.15, -0.1) is 0 Å². The predicted octanol–water partition coefficient (Wildman–Crippen LogP) is 3.97. The monoisotopic (exact) mass is 486 g/mol. The average Bonchev–Trinajstić information content (AvgIpc) is 3.37. The van der Waals surface area contributed by atoms with Crippen LogP contribution >= 0.6 is 0 Å². The van der Waals surface area contributed by atoms with Crippen LogP contribution in [0.4, 0.5) is 15.8 Å². The molecule has 2 aromatic carbocycles. The number of ether oxygens (including phenoxy) is 3. The van der Waals surface area contributed by atoms with Gasteiger partial charge in [-0.2, -0.15) is 0 Å². The van der Waals surface area contributed by atoms with Gasteiger partial charge < -0.3 is 24.8 Å². The zero-order valence-electron chi connectivity index (χ0n) is 19.7. The van der Waals surface area contributed by atoms with Crippen LogP contribution < -0.4 is 20.1 Å². The van der Waals surface area contributed by atoms with Gasteiger partial charge in [0, 0.05) is 30.7 Å². The molecular weight excluding hydrogens is 459 g/mol. The van der Waals surface area contributed by atoms with Crippen molar-refractivity contribution in [3.63, 3.8) is 0 Å². The molecule has 186 valence electrons. The van der Waals surface area contributed by atoms with Crippen molar-refractivity contribution in [1.82, 2.24) is 0 Å². The van der Waals surface area contributed by atoms with Gasteiger partial charge in [0.05, 0.1) is 31.0 Å². The van der Waals surface area contributed by atoms with E-state index in [0.717, 1.165) is 31.7 Å². The summed E-state index contributed by atoms with van der Waals surface area (Å²) >= 11 is 0. The number of nitrogens with one attached hydrogen (secondary N) is 2. The number of hydrogen-bond acceptors (Lipinski definition) is 7. The van der Waals surface area contributed by atoms with Gasteiger partial charge in [0.1, 0.15) is 5.82 Å². The van der Waals surface area contributed by atoms with E-state index in [9.17, 15) is 23.6 Å². The van der Waals surface area contributed by atoms with Gasteiger partial charge in [0.2, 0.25) is 17.6 Å². The summed E-state index contributed by atoms with van der Waals surface area (Å²) in [6.07, 6.45) is 3.45. The number of esters is 1. The highest BCUT2D eigenvalue weighted by Crippen LogP contribution is 2.35. The molecule has 1 aliphatic rings. The minimum absolute atomic E-state index is 0.0386. The van der Waals surface area contributed by atoms with E-state index >= 15 is 0 Å². The molecule has 0 bridgehead atoms. The number of anilines is 2. The van der Waals surface area contributed by atoms with E-state index in [1.807, 2.05) is 0 Å². The second-order valence-electron chi connectivity index (χ2n) is 8.10. The Balaban J connectivity index is 1.77. The second kappa shape index (κ2) is 11.5. The number of benzene rings is 2. The minimum atomic E-state index is -0.906. The summed E-state index contributed by atoms with van der Waals surface area (Å²) in [7, 11) is 2.81. The van der Waals surface area contributed by atoms with Crippen molar-refractivity contribution >= 4 is 34.9 Å². The summed E-state index contributed by atoms with van der Waals surface area (Å²) < 4.78 is 30.0. The molecule has 2 aromatic rings. The first kappa shape index (κ1) is 25.7. The lowest BCUT2D eigenvalue weighted by Gasteiger charge is -2.17. The highest BCUT2D eigenvalue weighted by molar-refractivity contribution is 6.04. The Labute approximate surface area is 201 Å². The highest BCUT2D eigenvalue weighted by Gasteiger charge is 2.26. The van der Waals surface area contributed by atoms with Crippen LogP contribution in [0.15, 0.2) is 30.3 Å². The fourth-order valence-corrected chi connectivity index (χ4v) is 3.88. The number of Topliss-reactive ketones (excluding diaryl/α,β-unsaturated/α-hetero) is 1. The molecule has 0 spiro atoms. The second-order valence-corrected chi connectivity index (χ2v) is 8.10. The van der Waals surface area contributed by atoms with Crippen molar-refractivity contribution in [2.75, 3.05) is 31.5 Å². The van der Waals surface area contributed by atoms with Gasteiger partial charge in [-0.05, 0) is 31.0 Å². The van der Waals surface area contributed by atoms with Gasteiger partial charge in [0.15, 0.2) is 18.1 Å². The molecule has 1 aliphatic carbocycles. The quantitative estimate of drug-likeness (QED) is 0.406. The van der Waals surface area contributed by atoms with Crippen molar-refractivity contribution in [3.05, 3.63) is 47.3 Å². The molecule has 1 saturated carbocycles. The van der Waals surface area contributed by atoms with Crippen LogP contribution in [0.3, 0.4) is 0 Å². The van der Waals surface area contributed by atoms with Crippen LogP contribution in [0.25, 0.3) is 0 Å². The number of carbonyl (C=O) groups is 4. The van der Waals surface area contributed by atoms with E-state index in [1.165, 1.54) is 45.4 Å². The number of carbonyl (C=O) groups excluding carboxylic acids is 4. The highest BCUT2D eigenvalue weighted by atomic mass is 19.1. The first-order valence-corrected chi connectivity index (χ1v) is 11.1. The average molecular weight is 486 g/mol. The number of hydrogen-bond donors (Lipinski definition) is 2. The number of amides is 2. The molecule has 0 aromatic heterocycles. The number of halogens is 1. The van der Waals surface area contributed by atoms with Crippen molar-refractivity contribution in [3.8, 4) is 11.5 Å². The summed E-state index contributed by atoms with van der Waals surface area (Å²) in [4.78, 5) is 49.1. The summed E-state index contributed by atoms with van der Waals surface area (Å²) in [5.74, 6) is -2.79. The predicted molar refractivity (Wildman–Crippen MR) is 125 cm³/mol. The van der Waals surface area contributed by atoms with Crippen molar-refractivity contribution < 1.29 is 37.8 Å². The van der Waals surface area contributed by atoms with Gasteiger partial charge in [0.25, 0.3) is 0 Å². The molecule has 0 saturated heterocycles. The minimum Gasteiger partial charge on any atom is -0.493 e. The van der Waals surface area contributed by atoms with Gasteiger partial charge in [-0.25, -0.2) is 9.18 Å². The molecule has 2 N–H and O–H groups in total.